The van der Waals surface area contributed by atoms with Gasteiger partial charge >= 0.3 is 0 Å². The molecule has 0 spiro atoms. The number of aryl methyl sites for hydroxylation is 1. The van der Waals surface area contributed by atoms with Gasteiger partial charge in [0.25, 0.3) is 0 Å². The van der Waals surface area contributed by atoms with E-state index in [1.54, 1.807) is 6.07 Å². The number of piperidine rings is 1. The second kappa shape index (κ2) is 5.80. The highest BCUT2D eigenvalue weighted by Crippen LogP contribution is 2.18. The Morgan fingerprint density at radius 2 is 2.33 bits per heavy atom. The molecule has 1 aliphatic rings. The zero-order valence-electron chi connectivity index (χ0n) is 10.7. The highest BCUT2D eigenvalue weighted by atomic mass is 79.9. The molecule has 2 N–H and O–H groups in total. The number of carbonyl (C=O) groups is 1. The van der Waals surface area contributed by atoms with Crippen molar-refractivity contribution in [3.8, 4) is 0 Å². The summed E-state index contributed by atoms with van der Waals surface area (Å²) in [6.45, 7) is 5.00. The molecule has 2 atom stereocenters. The number of amides is 1. The fourth-order valence-corrected chi connectivity index (χ4v) is 2.36. The topological polar surface area (TPSA) is 54.0 Å². The van der Waals surface area contributed by atoms with E-state index in [0.717, 1.165) is 29.6 Å². The molecular weight excluding hydrogens is 294 g/mol. The number of halogens is 1. The molecule has 0 radical (unpaired) electrons. The Bertz CT molecular complexity index is 450. The molecule has 1 amide bonds. The molecule has 5 heteroatoms. The summed E-state index contributed by atoms with van der Waals surface area (Å²) in [5, 5.41) is 6.11. The monoisotopic (exact) mass is 311 g/mol. The molecule has 0 aliphatic carbocycles. The Kier molecular flexibility index (Phi) is 4.35. The lowest BCUT2D eigenvalue weighted by Gasteiger charge is -2.27. The predicted octanol–water partition coefficient (Wildman–Crippen LogP) is 2.48. The van der Waals surface area contributed by atoms with Crippen LogP contribution in [-0.4, -0.2) is 23.5 Å². The normalized spacial score (nSPS) is 23.7. The third-order valence-corrected chi connectivity index (χ3v) is 4.09. The molecule has 18 heavy (non-hydrogen) atoms. The van der Waals surface area contributed by atoms with Gasteiger partial charge in [0.05, 0.1) is 11.7 Å². The zero-order valence-corrected chi connectivity index (χ0v) is 12.3. The zero-order chi connectivity index (χ0) is 13.1. The number of carbonyl (C=O) groups excluding carboxylic acids is 1. The maximum Gasteiger partial charge on any atom is 0.242 e. The third-order valence-electron chi connectivity index (χ3n) is 3.26. The van der Waals surface area contributed by atoms with E-state index >= 15 is 0 Å². The average molecular weight is 312 g/mol. The summed E-state index contributed by atoms with van der Waals surface area (Å²) in [5.41, 5.74) is 0.873. The molecule has 1 saturated heterocycles. The fourth-order valence-electron chi connectivity index (χ4n) is 2.13. The van der Waals surface area contributed by atoms with Crippen LogP contribution in [0, 0.1) is 12.8 Å². The van der Waals surface area contributed by atoms with E-state index in [1.165, 1.54) is 0 Å². The van der Waals surface area contributed by atoms with Crippen molar-refractivity contribution in [1.29, 1.82) is 0 Å². The minimum Gasteiger partial charge on any atom is -0.309 e. The van der Waals surface area contributed by atoms with Gasteiger partial charge in [-0.15, -0.1) is 0 Å². The minimum absolute atomic E-state index is 0.00997. The van der Waals surface area contributed by atoms with E-state index in [0.29, 0.717) is 11.7 Å². The first-order valence-corrected chi connectivity index (χ1v) is 7.03. The van der Waals surface area contributed by atoms with Gasteiger partial charge in [-0.1, -0.05) is 6.92 Å². The van der Waals surface area contributed by atoms with Crippen LogP contribution in [0.1, 0.15) is 25.5 Å². The second-order valence-electron chi connectivity index (χ2n) is 4.89. The largest absolute Gasteiger partial charge is 0.309 e. The van der Waals surface area contributed by atoms with Crippen LogP contribution >= 0.6 is 15.9 Å². The van der Waals surface area contributed by atoms with Crippen LogP contribution in [0.25, 0.3) is 0 Å². The molecule has 1 fully saturated rings. The number of hydrogen-bond donors (Lipinski definition) is 2. The van der Waals surface area contributed by atoms with Crippen LogP contribution in [-0.2, 0) is 4.79 Å². The standard InChI is InChI=1S/C13H18BrN3O/c1-8-5-6-15-11(7-8)13(18)17-12-4-3-10(14)9(2)16-12/h3-4,8,11,15H,5-7H2,1-2H3,(H,16,17,18). The molecule has 1 aliphatic heterocycles. The lowest BCUT2D eigenvalue weighted by atomic mass is 9.94. The van der Waals surface area contributed by atoms with Gasteiger partial charge in [-0.25, -0.2) is 4.98 Å². The smallest absolute Gasteiger partial charge is 0.242 e. The number of anilines is 1. The summed E-state index contributed by atoms with van der Waals surface area (Å²) < 4.78 is 0.949. The van der Waals surface area contributed by atoms with Crippen molar-refractivity contribution >= 4 is 27.7 Å². The van der Waals surface area contributed by atoms with Gasteiger partial charge in [-0.3, -0.25) is 4.79 Å². The first-order valence-electron chi connectivity index (χ1n) is 6.23. The van der Waals surface area contributed by atoms with E-state index < -0.39 is 0 Å². The molecule has 0 aromatic carbocycles. The van der Waals surface area contributed by atoms with Gasteiger partial charge < -0.3 is 10.6 Å². The molecule has 0 saturated carbocycles. The maximum atomic E-state index is 12.1. The van der Waals surface area contributed by atoms with Crippen molar-refractivity contribution in [2.24, 2.45) is 5.92 Å². The van der Waals surface area contributed by atoms with Crippen molar-refractivity contribution in [1.82, 2.24) is 10.3 Å². The van der Waals surface area contributed by atoms with Crippen molar-refractivity contribution in [3.05, 3.63) is 22.3 Å². The molecule has 4 nitrogen and oxygen atoms in total. The van der Waals surface area contributed by atoms with Crippen LogP contribution in [0.5, 0.6) is 0 Å². The third kappa shape index (κ3) is 3.29. The van der Waals surface area contributed by atoms with Crippen molar-refractivity contribution < 1.29 is 4.79 Å². The molecule has 0 bridgehead atoms. The lowest BCUT2D eigenvalue weighted by Crippen LogP contribution is -2.45. The summed E-state index contributed by atoms with van der Waals surface area (Å²) in [4.78, 5) is 16.4. The molecule has 2 heterocycles. The molecule has 2 unspecified atom stereocenters. The van der Waals surface area contributed by atoms with E-state index in [-0.39, 0.29) is 11.9 Å². The minimum atomic E-state index is -0.0977. The van der Waals surface area contributed by atoms with Crippen LogP contribution in [0.15, 0.2) is 16.6 Å². The Morgan fingerprint density at radius 3 is 3.00 bits per heavy atom. The SMILES string of the molecule is Cc1nc(NC(=O)C2CC(C)CCN2)ccc1Br. The summed E-state index contributed by atoms with van der Waals surface area (Å²) >= 11 is 3.39. The highest BCUT2D eigenvalue weighted by molar-refractivity contribution is 9.10. The van der Waals surface area contributed by atoms with E-state index in [4.69, 9.17) is 0 Å². The first-order chi connectivity index (χ1) is 8.56. The van der Waals surface area contributed by atoms with Crippen LogP contribution < -0.4 is 10.6 Å². The predicted molar refractivity (Wildman–Crippen MR) is 75.5 cm³/mol. The first kappa shape index (κ1) is 13.5. The second-order valence-corrected chi connectivity index (χ2v) is 5.74. The highest BCUT2D eigenvalue weighted by Gasteiger charge is 2.24. The number of nitrogens with zero attached hydrogens (tertiary/aromatic N) is 1. The number of aromatic nitrogens is 1. The van der Waals surface area contributed by atoms with Crippen molar-refractivity contribution in [3.63, 3.8) is 0 Å². The van der Waals surface area contributed by atoms with Gasteiger partial charge in [0.1, 0.15) is 5.82 Å². The fraction of sp³-hybridized carbons (Fsp3) is 0.538. The molecule has 1 aromatic rings. The van der Waals surface area contributed by atoms with Crippen LogP contribution in [0.4, 0.5) is 5.82 Å². The molecule has 1 aromatic heterocycles. The maximum absolute atomic E-state index is 12.1. The molecule has 98 valence electrons. The summed E-state index contributed by atoms with van der Waals surface area (Å²) in [5.74, 6) is 1.22. The summed E-state index contributed by atoms with van der Waals surface area (Å²) in [6.07, 6.45) is 2.03. The lowest BCUT2D eigenvalue weighted by molar-refractivity contribution is -0.119. The summed E-state index contributed by atoms with van der Waals surface area (Å²) in [7, 11) is 0. The van der Waals surface area contributed by atoms with Gasteiger partial charge in [-0.05, 0) is 60.3 Å². The Labute approximate surface area is 116 Å². The quantitative estimate of drug-likeness (QED) is 0.882. The molecular formula is C13H18BrN3O. The number of rotatable bonds is 2. The van der Waals surface area contributed by atoms with Gasteiger partial charge in [-0.2, -0.15) is 0 Å². The Hall–Kier alpha value is -0.940. The van der Waals surface area contributed by atoms with Crippen LogP contribution in [0.3, 0.4) is 0 Å². The van der Waals surface area contributed by atoms with Gasteiger partial charge in [0.2, 0.25) is 5.91 Å². The van der Waals surface area contributed by atoms with Crippen molar-refractivity contribution in [2.75, 3.05) is 11.9 Å². The average Bonchev–Trinajstić information content (AvgIpc) is 2.34. The van der Waals surface area contributed by atoms with Crippen molar-refractivity contribution in [2.45, 2.75) is 32.7 Å². The van der Waals surface area contributed by atoms with E-state index in [1.807, 2.05) is 13.0 Å². The summed E-state index contributed by atoms with van der Waals surface area (Å²) in [6, 6.07) is 3.61. The number of pyridine rings is 1. The van der Waals surface area contributed by atoms with E-state index in [9.17, 15) is 4.79 Å². The molecule has 2 rings (SSSR count). The van der Waals surface area contributed by atoms with Gasteiger partial charge in [0, 0.05) is 4.47 Å². The Balaban J connectivity index is 2.00. The number of hydrogen-bond acceptors (Lipinski definition) is 3. The van der Waals surface area contributed by atoms with Gasteiger partial charge in [0.15, 0.2) is 0 Å². The Morgan fingerprint density at radius 1 is 1.56 bits per heavy atom. The van der Waals surface area contributed by atoms with E-state index in [2.05, 4.69) is 38.5 Å². The van der Waals surface area contributed by atoms with Crippen LogP contribution in [0.2, 0.25) is 0 Å². The number of nitrogens with one attached hydrogen (secondary N) is 2.